The van der Waals surface area contributed by atoms with Crippen molar-refractivity contribution in [3.8, 4) is 0 Å². The molecule has 1 N–H and O–H groups in total. The van der Waals surface area contributed by atoms with Gasteiger partial charge in [0.1, 0.15) is 5.60 Å². The van der Waals surface area contributed by atoms with E-state index >= 15 is 0 Å². The van der Waals surface area contributed by atoms with Crippen LogP contribution in [0, 0.1) is 0 Å². The maximum atomic E-state index is 12.8. The fourth-order valence-electron chi connectivity index (χ4n) is 3.08. The van der Waals surface area contributed by atoms with Crippen molar-refractivity contribution in [3.63, 3.8) is 0 Å². The molecule has 6 heteroatoms. The number of nitrogens with one attached hydrogen (secondary N) is 1. The molecule has 0 aromatic carbocycles. The Bertz CT molecular complexity index is 366. The van der Waals surface area contributed by atoms with Gasteiger partial charge in [-0.15, -0.1) is 0 Å². The molecule has 0 aromatic heterocycles. The number of morpholine rings is 1. The first kappa shape index (κ1) is 15.3. The average molecular weight is 284 g/mol. The molecule has 1 saturated heterocycles. The van der Waals surface area contributed by atoms with Crippen molar-refractivity contribution in [2.75, 3.05) is 33.4 Å². The second-order valence-electron chi connectivity index (χ2n) is 5.36. The predicted molar refractivity (Wildman–Crippen MR) is 73.2 cm³/mol. The lowest BCUT2D eigenvalue weighted by Gasteiger charge is -2.38. The van der Waals surface area contributed by atoms with Gasteiger partial charge in [0, 0.05) is 20.2 Å². The van der Waals surface area contributed by atoms with E-state index in [1.807, 2.05) is 6.92 Å². The summed E-state index contributed by atoms with van der Waals surface area (Å²) >= 11 is 0. The molecular weight excluding hydrogens is 260 g/mol. The Morgan fingerprint density at radius 1 is 1.40 bits per heavy atom. The number of ether oxygens (including phenoxy) is 2. The number of carbonyl (C=O) groups is 2. The fourth-order valence-corrected chi connectivity index (χ4v) is 3.08. The van der Waals surface area contributed by atoms with E-state index < -0.39 is 11.7 Å². The molecule has 1 aliphatic carbocycles. The number of hydrogen-bond donors (Lipinski definition) is 1. The first-order valence-corrected chi connectivity index (χ1v) is 7.39. The normalized spacial score (nSPS) is 25.5. The lowest BCUT2D eigenvalue weighted by atomic mass is 9.99. The van der Waals surface area contributed by atoms with E-state index in [0.717, 1.165) is 25.7 Å². The summed E-state index contributed by atoms with van der Waals surface area (Å²) in [6, 6.07) is 0. The van der Waals surface area contributed by atoms with E-state index in [1.54, 1.807) is 11.9 Å². The van der Waals surface area contributed by atoms with E-state index in [4.69, 9.17) is 9.47 Å². The number of amides is 2. The highest BCUT2D eigenvalue weighted by Gasteiger charge is 2.45. The molecule has 20 heavy (non-hydrogen) atoms. The fraction of sp³-hybridized carbons (Fsp3) is 0.857. The highest BCUT2D eigenvalue weighted by molar-refractivity contribution is 5.87. The van der Waals surface area contributed by atoms with Gasteiger partial charge in [0.05, 0.1) is 13.2 Å². The van der Waals surface area contributed by atoms with Crippen LogP contribution >= 0.6 is 0 Å². The van der Waals surface area contributed by atoms with Gasteiger partial charge in [-0.25, -0.2) is 0 Å². The summed E-state index contributed by atoms with van der Waals surface area (Å²) in [4.78, 5) is 26.2. The zero-order valence-electron chi connectivity index (χ0n) is 12.3. The van der Waals surface area contributed by atoms with Crippen LogP contribution < -0.4 is 5.32 Å². The molecule has 1 atom stereocenters. The number of likely N-dealkylation sites (N-methyl/N-ethyl adjacent to an activating group) is 1. The van der Waals surface area contributed by atoms with E-state index in [0.29, 0.717) is 26.3 Å². The quantitative estimate of drug-likeness (QED) is 0.807. The maximum absolute atomic E-state index is 12.8. The van der Waals surface area contributed by atoms with Crippen molar-refractivity contribution in [1.29, 1.82) is 0 Å². The second kappa shape index (κ2) is 6.54. The van der Waals surface area contributed by atoms with Crippen LogP contribution in [-0.4, -0.2) is 61.8 Å². The minimum absolute atomic E-state index is 0.0223. The van der Waals surface area contributed by atoms with Crippen molar-refractivity contribution in [1.82, 2.24) is 10.2 Å². The molecule has 0 spiro atoms. The summed E-state index contributed by atoms with van der Waals surface area (Å²) in [7, 11) is 1.57. The standard InChI is InChI=1S/C14H24N2O4/c1-3-20-14(6-4-5-7-14)13(18)16-8-9-19-11(10-16)12(17)15-2/h11H,3-10H2,1-2H3,(H,15,17). The zero-order valence-corrected chi connectivity index (χ0v) is 12.3. The Morgan fingerprint density at radius 2 is 2.10 bits per heavy atom. The first-order valence-electron chi connectivity index (χ1n) is 7.39. The van der Waals surface area contributed by atoms with Crippen LogP contribution in [0.1, 0.15) is 32.6 Å². The van der Waals surface area contributed by atoms with Gasteiger partial charge >= 0.3 is 0 Å². The first-order chi connectivity index (χ1) is 9.63. The molecule has 1 aliphatic heterocycles. The Kier molecular flexibility index (Phi) is 4.99. The van der Waals surface area contributed by atoms with Gasteiger partial charge in [0.2, 0.25) is 0 Å². The Labute approximate surface area is 119 Å². The number of hydrogen-bond acceptors (Lipinski definition) is 4. The smallest absolute Gasteiger partial charge is 0.255 e. The second-order valence-corrected chi connectivity index (χ2v) is 5.36. The SMILES string of the molecule is CCOC1(C(=O)N2CCOC(C(=O)NC)C2)CCCC1. The summed E-state index contributed by atoms with van der Waals surface area (Å²) in [5.74, 6) is -0.159. The third-order valence-electron chi connectivity index (χ3n) is 4.11. The van der Waals surface area contributed by atoms with Crippen molar-refractivity contribution < 1.29 is 19.1 Å². The Hall–Kier alpha value is -1.14. The zero-order chi connectivity index (χ0) is 14.6. The minimum Gasteiger partial charge on any atom is -0.365 e. The predicted octanol–water partition coefficient (Wildman–Crippen LogP) is 0.309. The molecule has 1 heterocycles. The van der Waals surface area contributed by atoms with E-state index in [2.05, 4.69) is 5.32 Å². The molecule has 6 nitrogen and oxygen atoms in total. The summed E-state index contributed by atoms with van der Waals surface area (Å²) < 4.78 is 11.2. The highest BCUT2D eigenvalue weighted by Crippen LogP contribution is 2.35. The van der Waals surface area contributed by atoms with Crippen LogP contribution in [0.2, 0.25) is 0 Å². The van der Waals surface area contributed by atoms with Gasteiger partial charge in [-0.3, -0.25) is 9.59 Å². The molecular formula is C14H24N2O4. The molecule has 0 aromatic rings. The van der Waals surface area contributed by atoms with Crippen molar-refractivity contribution in [2.24, 2.45) is 0 Å². The molecule has 1 saturated carbocycles. The van der Waals surface area contributed by atoms with Crippen LogP contribution in [0.25, 0.3) is 0 Å². The molecule has 2 aliphatic rings. The number of carbonyl (C=O) groups excluding carboxylic acids is 2. The van der Waals surface area contributed by atoms with Gasteiger partial charge in [0.15, 0.2) is 6.10 Å². The summed E-state index contributed by atoms with van der Waals surface area (Å²) in [5.41, 5.74) is -0.667. The van der Waals surface area contributed by atoms with Gasteiger partial charge < -0.3 is 19.7 Å². The topological polar surface area (TPSA) is 67.9 Å². The Morgan fingerprint density at radius 3 is 2.70 bits per heavy atom. The lowest BCUT2D eigenvalue weighted by Crippen LogP contribution is -2.57. The third-order valence-corrected chi connectivity index (χ3v) is 4.11. The van der Waals surface area contributed by atoms with Crippen LogP contribution in [0.4, 0.5) is 0 Å². The van der Waals surface area contributed by atoms with Gasteiger partial charge in [-0.2, -0.15) is 0 Å². The van der Waals surface area contributed by atoms with E-state index in [1.165, 1.54) is 0 Å². The minimum atomic E-state index is -0.667. The molecule has 2 fully saturated rings. The molecule has 2 amide bonds. The molecule has 1 unspecified atom stereocenters. The maximum Gasteiger partial charge on any atom is 0.255 e. The summed E-state index contributed by atoms with van der Waals surface area (Å²) in [5, 5.41) is 2.57. The van der Waals surface area contributed by atoms with Gasteiger partial charge in [0.25, 0.3) is 11.8 Å². The summed E-state index contributed by atoms with van der Waals surface area (Å²) in [6.07, 6.45) is 3.03. The van der Waals surface area contributed by atoms with Crippen LogP contribution in [0.5, 0.6) is 0 Å². The monoisotopic (exact) mass is 284 g/mol. The van der Waals surface area contributed by atoms with Crippen molar-refractivity contribution in [3.05, 3.63) is 0 Å². The molecule has 0 bridgehead atoms. The van der Waals surface area contributed by atoms with Crippen LogP contribution in [0.15, 0.2) is 0 Å². The van der Waals surface area contributed by atoms with Crippen molar-refractivity contribution in [2.45, 2.75) is 44.3 Å². The van der Waals surface area contributed by atoms with Gasteiger partial charge in [-0.05, 0) is 32.6 Å². The average Bonchev–Trinajstić information content (AvgIpc) is 2.96. The lowest BCUT2D eigenvalue weighted by molar-refractivity contribution is -0.166. The summed E-state index contributed by atoms with van der Waals surface area (Å²) in [6.45, 7) is 3.69. The molecule has 114 valence electrons. The number of nitrogens with zero attached hydrogens (tertiary/aromatic N) is 1. The highest BCUT2D eigenvalue weighted by atomic mass is 16.5. The number of rotatable bonds is 4. The van der Waals surface area contributed by atoms with Crippen LogP contribution in [-0.2, 0) is 19.1 Å². The Balaban J connectivity index is 2.05. The third kappa shape index (κ3) is 2.96. The van der Waals surface area contributed by atoms with Crippen LogP contribution in [0.3, 0.4) is 0 Å². The largest absolute Gasteiger partial charge is 0.365 e. The molecule has 2 rings (SSSR count). The van der Waals surface area contributed by atoms with Crippen molar-refractivity contribution >= 4 is 11.8 Å². The van der Waals surface area contributed by atoms with E-state index in [9.17, 15) is 9.59 Å². The van der Waals surface area contributed by atoms with E-state index in [-0.39, 0.29) is 11.8 Å². The van der Waals surface area contributed by atoms with Gasteiger partial charge in [-0.1, -0.05) is 0 Å². The molecule has 0 radical (unpaired) electrons.